The molecule has 0 amide bonds. The van der Waals surface area contributed by atoms with Gasteiger partial charge in [-0.25, -0.2) is 0 Å². The van der Waals surface area contributed by atoms with Crippen molar-refractivity contribution in [1.82, 2.24) is 19.9 Å². The number of aryl methyl sites for hydroxylation is 1. The van der Waals surface area contributed by atoms with Crippen LogP contribution >= 0.6 is 0 Å². The first-order valence-corrected chi connectivity index (χ1v) is 10.1. The van der Waals surface area contributed by atoms with Crippen LogP contribution in [0.4, 0.5) is 0 Å². The van der Waals surface area contributed by atoms with Crippen molar-refractivity contribution < 1.29 is 14.0 Å². The molecule has 8 heteroatoms. The van der Waals surface area contributed by atoms with E-state index in [4.69, 9.17) is 9.47 Å². The van der Waals surface area contributed by atoms with E-state index in [1.807, 2.05) is 19.9 Å². The lowest BCUT2D eigenvalue weighted by molar-refractivity contribution is 0.260. The van der Waals surface area contributed by atoms with Crippen LogP contribution < -0.4 is 9.47 Å². The third kappa shape index (κ3) is 4.33. The maximum Gasteiger partial charge on any atom is 0.323 e. The van der Waals surface area contributed by atoms with Crippen molar-refractivity contribution in [2.24, 2.45) is 5.92 Å². The second kappa shape index (κ2) is 8.14. The Labute approximate surface area is 161 Å². The number of hydrogen-bond acceptors (Lipinski definition) is 6. The molecule has 0 saturated heterocycles. The van der Waals surface area contributed by atoms with E-state index >= 15 is 0 Å². The van der Waals surface area contributed by atoms with Gasteiger partial charge in [-0.1, -0.05) is 13.8 Å². The molecule has 1 atom stereocenters. The molecule has 3 aromatic heterocycles. The van der Waals surface area contributed by atoms with Crippen LogP contribution in [0.3, 0.4) is 0 Å². The molecule has 1 N–H and O–H groups in total. The highest BCUT2D eigenvalue weighted by molar-refractivity contribution is 7.90. The Morgan fingerprint density at radius 3 is 2.74 bits per heavy atom. The number of rotatable bonds is 7. The Kier molecular flexibility index (Phi) is 5.86. The highest BCUT2D eigenvalue weighted by atomic mass is 32.2. The summed E-state index contributed by atoms with van der Waals surface area (Å²) in [5, 5.41) is 0.377. The molecule has 7 nitrogen and oxygen atoms in total. The highest BCUT2D eigenvalue weighted by Crippen LogP contribution is 2.25. The predicted molar refractivity (Wildman–Crippen MR) is 105 cm³/mol. The van der Waals surface area contributed by atoms with Crippen molar-refractivity contribution in [1.29, 1.82) is 0 Å². The van der Waals surface area contributed by atoms with E-state index in [9.17, 15) is 4.55 Å². The van der Waals surface area contributed by atoms with Crippen molar-refractivity contribution in [3.8, 4) is 11.6 Å². The third-order valence-electron chi connectivity index (χ3n) is 4.11. The summed E-state index contributed by atoms with van der Waals surface area (Å²) in [5.74, 6) is 1.96. The SMILES string of the molecule is COc1ccnc(C[S+]([O-])c2nc3cc(C)c(OCC(C)C)nc3[nH]2)c1C. The monoisotopic (exact) mass is 388 g/mol. The number of aromatic nitrogens is 4. The molecular formula is C19H24N4O3S. The zero-order valence-corrected chi connectivity index (χ0v) is 17.0. The lowest BCUT2D eigenvalue weighted by Gasteiger charge is -2.10. The average Bonchev–Trinajstić information content (AvgIpc) is 3.04. The fourth-order valence-corrected chi connectivity index (χ4v) is 3.70. The fourth-order valence-electron chi connectivity index (χ4n) is 2.62. The lowest BCUT2D eigenvalue weighted by Crippen LogP contribution is -2.10. The van der Waals surface area contributed by atoms with Crippen LogP contribution in [0.1, 0.15) is 30.7 Å². The third-order valence-corrected chi connectivity index (χ3v) is 5.27. The number of ether oxygens (including phenoxy) is 2. The molecule has 0 aliphatic carbocycles. The first-order valence-electron chi connectivity index (χ1n) is 8.76. The largest absolute Gasteiger partial charge is 0.609 e. The summed E-state index contributed by atoms with van der Waals surface area (Å²) in [7, 11) is 1.61. The fraction of sp³-hybridized carbons (Fsp3) is 0.421. The number of imidazole rings is 1. The van der Waals surface area contributed by atoms with Crippen molar-refractivity contribution in [2.75, 3.05) is 13.7 Å². The molecule has 144 valence electrons. The first-order chi connectivity index (χ1) is 12.9. The summed E-state index contributed by atoms with van der Waals surface area (Å²) in [4.78, 5) is 16.3. The van der Waals surface area contributed by atoms with E-state index < -0.39 is 11.2 Å². The number of hydrogen-bond donors (Lipinski definition) is 1. The zero-order chi connectivity index (χ0) is 19.6. The minimum Gasteiger partial charge on any atom is -0.609 e. The van der Waals surface area contributed by atoms with Crippen LogP contribution in [0.5, 0.6) is 11.6 Å². The Morgan fingerprint density at radius 1 is 1.26 bits per heavy atom. The van der Waals surface area contributed by atoms with E-state index in [1.54, 1.807) is 19.4 Å². The van der Waals surface area contributed by atoms with Gasteiger partial charge in [0.25, 0.3) is 0 Å². The van der Waals surface area contributed by atoms with Gasteiger partial charge in [-0.15, -0.1) is 0 Å². The quantitative estimate of drug-likeness (QED) is 0.624. The summed E-state index contributed by atoms with van der Waals surface area (Å²) >= 11 is -1.38. The van der Waals surface area contributed by atoms with Gasteiger partial charge in [0.15, 0.2) is 11.4 Å². The molecule has 3 heterocycles. The average molecular weight is 388 g/mol. The smallest absolute Gasteiger partial charge is 0.323 e. The molecule has 0 bridgehead atoms. The Bertz CT molecular complexity index is 942. The van der Waals surface area contributed by atoms with E-state index in [1.165, 1.54) is 0 Å². The van der Waals surface area contributed by atoms with Crippen molar-refractivity contribution >= 4 is 22.3 Å². The molecule has 0 saturated carbocycles. The summed E-state index contributed by atoms with van der Waals surface area (Å²) in [6.07, 6.45) is 1.65. The second-order valence-corrected chi connectivity index (χ2v) is 8.17. The van der Waals surface area contributed by atoms with Crippen molar-refractivity contribution in [3.05, 3.63) is 35.2 Å². The molecule has 3 aromatic rings. The number of fused-ring (bicyclic) bond motifs is 1. The van der Waals surface area contributed by atoms with Crippen LogP contribution in [0.2, 0.25) is 0 Å². The van der Waals surface area contributed by atoms with Gasteiger partial charge >= 0.3 is 5.16 Å². The first kappa shape index (κ1) is 19.4. The number of methoxy groups -OCH3 is 1. The lowest BCUT2D eigenvalue weighted by atomic mass is 10.2. The number of aromatic amines is 1. The number of nitrogens with zero attached hydrogens (tertiary/aromatic N) is 3. The maximum atomic E-state index is 12.8. The Hall–Kier alpha value is -2.32. The van der Waals surface area contributed by atoms with Gasteiger partial charge in [0, 0.05) is 28.5 Å². The molecule has 0 fully saturated rings. The summed E-state index contributed by atoms with van der Waals surface area (Å²) in [6, 6.07) is 3.68. The molecule has 0 radical (unpaired) electrons. The number of pyridine rings is 2. The topological polar surface area (TPSA) is 96.0 Å². The summed E-state index contributed by atoms with van der Waals surface area (Å²) in [6.45, 7) is 8.59. The second-order valence-electron chi connectivity index (χ2n) is 6.80. The molecule has 0 aromatic carbocycles. The maximum absolute atomic E-state index is 12.8. The van der Waals surface area contributed by atoms with Gasteiger partial charge < -0.3 is 14.0 Å². The van der Waals surface area contributed by atoms with Gasteiger partial charge in [-0.2, -0.15) is 9.97 Å². The van der Waals surface area contributed by atoms with Gasteiger partial charge in [0.1, 0.15) is 11.3 Å². The normalized spacial score (nSPS) is 12.6. The zero-order valence-electron chi connectivity index (χ0n) is 16.2. The van der Waals surface area contributed by atoms with Crippen LogP contribution in [-0.4, -0.2) is 38.2 Å². The number of nitrogens with one attached hydrogen (secondary N) is 1. The molecule has 1 unspecified atom stereocenters. The van der Waals surface area contributed by atoms with Crippen LogP contribution in [-0.2, 0) is 16.9 Å². The van der Waals surface area contributed by atoms with Gasteiger partial charge in [0.2, 0.25) is 5.88 Å². The van der Waals surface area contributed by atoms with E-state index in [2.05, 4.69) is 33.8 Å². The van der Waals surface area contributed by atoms with Gasteiger partial charge in [-0.05, 0) is 31.9 Å². The van der Waals surface area contributed by atoms with E-state index in [0.717, 1.165) is 22.6 Å². The molecular weight excluding hydrogens is 364 g/mol. The van der Waals surface area contributed by atoms with Gasteiger partial charge in [0.05, 0.1) is 19.4 Å². The molecule has 0 aliphatic heterocycles. The molecule has 27 heavy (non-hydrogen) atoms. The number of H-pyrrole nitrogens is 1. The summed E-state index contributed by atoms with van der Waals surface area (Å²) in [5.41, 5.74) is 3.74. The molecule has 0 spiro atoms. The standard InChI is InChI=1S/C19H24N4O3S/c1-11(2)9-26-18-12(3)8-14-17(22-18)23-19(21-14)27(24)10-15-13(4)16(25-5)6-7-20-15/h6-8,11H,9-10H2,1-5H3,(H,21,22,23). The molecule has 3 rings (SSSR count). The van der Waals surface area contributed by atoms with Crippen molar-refractivity contribution in [2.45, 2.75) is 38.6 Å². The van der Waals surface area contributed by atoms with E-state index in [-0.39, 0.29) is 5.75 Å². The van der Waals surface area contributed by atoms with Crippen LogP contribution in [0, 0.1) is 19.8 Å². The predicted octanol–water partition coefficient (Wildman–Crippen LogP) is 3.32. The Morgan fingerprint density at radius 2 is 2.04 bits per heavy atom. The van der Waals surface area contributed by atoms with Gasteiger partial charge in [-0.3, -0.25) is 9.97 Å². The summed E-state index contributed by atoms with van der Waals surface area (Å²) < 4.78 is 23.9. The van der Waals surface area contributed by atoms with Crippen LogP contribution in [0.25, 0.3) is 11.2 Å². The minimum absolute atomic E-state index is 0.249. The highest BCUT2D eigenvalue weighted by Gasteiger charge is 2.21. The van der Waals surface area contributed by atoms with Crippen molar-refractivity contribution in [3.63, 3.8) is 0 Å². The molecule has 0 aliphatic rings. The van der Waals surface area contributed by atoms with E-state index in [0.29, 0.717) is 34.7 Å². The van der Waals surface area contributed by atoms with Crippen LogP contribution in [0.15, 0.2) is 23.5 Å². The Balaban J connectivity index is 1.84. The minimum atomic E-state index is -1.38.